The Morgan fingerprint density at radius 2 is 1.92 bits per heavy atom. The molecule has 0 saturated heterocycles. The minimum Gasteiger partial charge on any atom is -0.370 e. The van der Waals surface area contributed by atoms with Gasteiger partial charge < -0.3 is 16.2 Å². The Hall–Kier alpha value is -0.610. The van der Waals surface area contributed by atoms with Gasteiger partial charge in [0, 0.05) is 5.54 Å². The third-order valence-electron chi connectivity index (χ3n) is 2.04. The first-order valence-electron chi connectivity index (χ1n) is 4.19. The molecule has 0 aliphatic rings. The van der Waals surface area contributed by atoms with Crippen LogP contribution in [0.1, 0.15) is 26.7 Å². The van der Waals surface area contributed by atoms with Crippen LogP contribution in [0.3, 0.4) is 0 Å². The van der Waals surface area contributed by atoms with E-state index in [9.17, 15) is 4.79 Å². The summed E-state index contributed by atoms with van der Waals surface area (Å²) in [5.41, 5.74) is 10.5. The molecule has 0 aromatic rings. The lowest BCUT2D eigenvalue weighted by Gasteiger charge is -2.25. The molecule has 4 nitrogen and oxygen atoms in total. The standard InChI is InChI=1S/C8H18N2O2/c1-3-8(10,4-2)6-12-5-7(9)11/h3-6,10H2,1-2H3,(H2,9,11). The summed E-state index contributed by atoms with van der Waals surface area (Å²) in [5.74, 6) is -0.454. The first-order valence-corrected chi connectivity index (χ1v) is 4.19. The summed E-state index contributed by atoms with van der Waals surface area (Å²) in [6.07, 6.45) is 1.67. The molecule has 0 unspecified atom stereocenters. The number of carbonyl (C=O) groups is 1. The fourth-order valence-corrected chi connectivity index (χ4v) is 0.809. The molecule has 0 aromatic carbocycles. The Bertz CT molecular complexity index is 144. The molecular weight excluding hydrogens is 156 g/mol. The van der Waals surface area contributed by atoms with E-state index in [0.717, 1.165) is 12.8 Å². The summed E-state index contributed by atoms with van der Waals surface area (Å²) >= 11 is 0. The van der Waals surface area contributed by atoms with Gasteiger partial charge in [-0.15, -0.1) is 0 Å². The van der Waals surface area contributed by atoms with E-state index in [4.69, 9.17) is 16.2 Å². The van der Waals surface area contributed by atoms with Crippen molar-refractivity contribution < 1.29 is 9.53 Å². The predicted molar refractivity (Wildman–Crippen MR) is 47.5 cm³/mol. The fourth-order valence-electron chi connectivity index (χ4n) is 0.809. The normalized spacial score (nSPS) is 11.6. The number of carbonyl (C=O) groups excluding carboxylic acids is 1. The first kappa shape index (κ1) is 11.4. The van der Waals surface area contributed by atoms with E-state index in [2.05, 4.69) is 0 Å². The predicted octanol–water partition coefficient (Wildman–Crippen LogP) is 0.00580. The summed E-state index contributed by atoms with van der Waals surface area (Å²) in [6, 6.07) is 0. The second kappa shape index (κ2) is 5.11. The fraction of sp³-hybridized carbons (Fsp3) is 0.875. The van der Waals surface area contributed by atoms with Gasteiger partial charge in [-0.2, -0.15) is 0 Å². The lowest BCUT2D eigenvalue weighted by Crippen LogP contribution is -2.43. The quantitative estimate of drug-likeness (QED) is 0.595. The van der Waals surface area contributed by atoms with Crippen LogP contribution in [0, 0.1) is 0 Å². The molecule has 0 atom stereocenters. The van der Waals surface area contributed by atoms with Gasteiger partial charge in [0.1, 0.15) is 6.61 Å². The van der Waals surface area contributed by atoms with Crippen LogP contribution in [-0.2, 0) is 9.53 Å². The molecule has 0 rings (SSSR count). The van der Waals surface area contributed by atoms with Gasteiger partial charge in [0.05, 0.1) is 6.61 Å². The molecule has 1 amide bonds. The lowest BCUT2D eigenvalue weighted by atomic mass is 9.96. The van der Waals surface area contributed by atoms with E-state index >= 15 is 0 Å². The van der Waals surface area contributed by atoms with Crippen LogP contribution in [0.5, 0.6) is 0 Å². The van der Waals surface area contributed by atoms with Gasteiger partial charge >= 0.3 is 0 Å². The van der Waals surface area contributed by atoms with Crippen molar-refractivity contribution in [2.24, 2.45) is 11.5 Å². The van der Waals surface area contributed by atoms with Gasteiger partial charge in [-0.3, -0.25) is 4.79 Å². The van der Waals surface area contributed by atoms with Crippen molar-refractivity contribution in [3.05, 3.63) is 0 Å². The molecule has 0 radical (unpaired) electrons. The second-order valence-corrected chi connectivity index (χ2v) is 3.03. The molecule has 0 spiro atoms. The van der Waals surface area contributed by atoms with Crippen molar-refractivity contribution in [3.63, 3.8) is 0 Å². The smallest absolute Gasteiger partial charge is 0.243 e. The maximum Gasteiger partial charge on any atom is 0.243 e. The van der Waals surface area contributed by atoms with Crippen molar-refractivity contribution in [1.82, 2.24) is 0 Å². The summed E-state index contributed by atoms with van der Waals surface area (Å²) < 4.78 is 5.04. The van der Waals surface area contributed by atoms with Crippen molar-refractivity contribution in [2.45, 2.75) is 32.2 Å². The van der Waals surface area contributed by atoms with Crippen molar-refractivity contribution >= 4 is 5.91 Å². The van der Waals surface area contributed by atoms with Crippen LogP contribution in [0.25, 0.3) is 0 Å². The Morgan fingerprint density at radius 1 is 1.42 bits per heavy atom. The minimum absolute atomic E-state index is 0.0427. The number of rotatable bonds is 6. The average molecular weight is 174 g/mol. The highest BCUT2D eigenvalue weighted by Crippen LogP contribution is 2.10. The maximum absolute atomic E-state index is 10.3. The Morgan fingerprint density at radius 3 is 2.25 bits per heavy atom. The van der Waals surface area contributed by atoms with Crippen molar-refractivity contribution in [2.75, 3.05) is 13.2 Å². The van der Waals surface area contributed by atoms with Crippen molar-refractivity contribution in [3.8, 4) is 0 Å². The van der Waals surface area contributed by atoms with Crippen LogP contribution in [0.15, 0.2) is 0 Å². The number of amides is 1. The highest BCUT2D eigenvalue weighted by atomic mass is 16.5. The highest BCUT2D eigenvalue weighted by molar-refractivity contribution is 5.74. The number of nitrogens with two attached hydrogens (primary N) is 2. The number of hydrogen-bond donors (Lipinski definition) is 2. The third kappa shape index (κ3) is 4.31. The monoisotopic (exact) mass is 174 g/mol. The van der Waals surface area contributed by atoms with Gasteiger partial charge in [-0.25, -0.2) is 0 Å². The van der Waals surface area contributed by atoms with E-state index in [-0.39, 0.29) is 12.1 Å². The number of hydrogen-bond acceptors (Lipinski definition) is 3. The summed E-state index contributed by atoms with van der Waals surface area (Å²) in [4.78, 5) is 10.3. The van der Waals surface area contributed by atoms with E-state index in [1.807, 2.05) is 13.8 Å². The molecule has 12 heavy (non-hydrogen) atoms. The zero-order valence-electron chi connectivity index (χ0n) is 7.80. The molecule has 0 aliphatic carbocycles. The minimum atomic E-state index is -0.454. The SMILES string of the molecule is CCC(N)(CC)COCC(N)=O. The van der Waals surface area contributed by atoms with Gasteiger partial charge in [0.2, 0.25) is 5.91 Å². The van der Waals surface area contributed by atoms with E-state index in [0.29, 0.717) is 6.61 Å². The van der Waals surface area contributed by atoms with Crippen LogP contribution in [0.2, 0.25) is 0 Å². The maximum atomic E-state index is 10.3. The third-order valence-corrected chi connectivity index (χ3v) is 2.04. The van der Waals surface area contributed by atoms with Crippen molar-refractivity contribution in [1.29, 1.82) is 0 Å². The highest BCUT2D eigenvalue weighted by Gasteiger charge is 2.20. The molecule has 72 valence electrons. The second-order valence-electron chi connectivity index (χ2n) is 3.03. The summed E-state index contributed by atoms with van der Waals surface area (Å²) in [5, 5.41) is 0. The number of primary amides is 1. The number of ether oxygens (including phenoxy) is 1. The lowest BCUT2D eigenvalue weighted by molar-refractivity contribution is -0.123. The van der Waals surface area contributed by atoms with Crippen LogP contribution in [0.4, 0.5) is 0 Å². The molecule has 4 N–H and O–H groups in total. The van der Waals surface area contributed by atoms with Gasteiger partial charge in [0.25, 0.3) is 0 Å². The molecule has 0 saturated carbocycles. The zero-order chi connectivity index (χ0) is 9.61. The first-order chi connectivity index (χ1) is 5.54. The molecular formula is C8H18N2O2. The van der Waals surface area contributed by atoms with Crippen LogP contribution in [-0.4, -0.2) is 24.7 Å². The molecule has 4 heteroatoms. The Labute approximate surface area is 73.2 Å². The van der Waals surface area contributed by atoms with Crippen LogP contribution >= 0.6 is 0 Å². The summed E-state index contributed by atoms with van der Waals surface area (Å²) in [7, 11) is 0. The van der Waals surface area contributed by atoms with Crippen LogP contribution < -0.4 is 11.5 Å². The topological polar surface area (TPSA) is 78.3 Å². The van der Waals surface area contributed by atoms with E-state index in [1.165, 1.54) is 0 Å². The van der Waals surface area contributed by atoms with Gasteiger partial charge in [0.15, 0.2) is 0 Å². The molecule has 0 heterocycles. The Kier molecular flexibility index (Phi) is 4.85. The summed E-state index contributed by atoms with van der Waals surface area (Å²) in [6.45, 7) is 4.34. The molecule has 0 aliphatic heterocycles. The van der Waals surface area contributed by atoms with Gasteiger partial charge in [-0.1, -0.05) is 13.8 Å². The molecule has 0 aromatic heterocycles. The zero-order valence-corrected chi connectivity index (χ0v) is 7.80. The largest absolute Gasteiger partial charge is 0.370 e. The van der Waals surface area contributed by atoms with E-state index < -0.39 is 5.91 Å². The average Bonchev–Trinajstić information content (AvgIpc) is 2.03. The Balaban J connectivity index is 3.65. The molecule has 0 fully saturated rings. The van der Waals surface area contributed by atoms with Gasteiger partial charge in [-0.05, 0) is 12.8 Å². The molecule has 0 bridgehead atoms. The van der Waals surface area contributed by atoms with E-state index in [1.54, 1.807) is 0 Å².